The average molecular weight is 285 g/mol. The third-order valence-corrected chi connectivity index (χ3v) is 2.73. The third-order valence-electron chi connectivity index (χ3n) is 2.73. The summed E-state index contributed by atoms with van der Waals surface area (Å²) in [4.78, 5) is 10.6. The van der Waals surface area contributed by atoms with Crippen LogP contribution in [0.25, 0.3) is 0 Å². The predicted octanol–water partition coefficient (Wildman–Crippen LogP) is 1.66. The summed E-state index contributed by atoms with van der Waals surface area (Å²) in [6.07, 6.45) is 2.94. The molecule has 2 rings (SSSR count). The van der Waals surface area contributed by atoms with Gasteiger partial charge in [-0.15, -0.1) is 0 Å². The van der Waals surface area contributed by atoms with Crippen LogP contribution in [0.2, 0.25) is 0 Å². The van der Waals surface area contributed by atoms with Crippen molar-refractivity contribution in [3.05, 3.63) is 11.8 Å². The minimum atomic E-state index is -0.338. The van der Waals surface area contributed by atoms with Gasteiger partial charge in [-0.05, 0) is 24.4 Å². The van der Waals surface area contributed by atoms with Crippen LogP contribution in [0.5, 0.6) is 5.88 Å². The van der Waals surface area contributed by atoms with E-state index in [0.717, 1.165) is 25.9 Å². The summed E-state index contributed by atoms with van der Waals surface area (Å²) in [5.74, 6) is 0.581. The lowest BCUT2D eigenvalue weighted by Gasteiger charge is -2.21. The predicted molar refractivity (Wildman–Crippen MR) is 67.0 cm³/mol. The average Bonchev–Trinajstić information content (AvgIpc) is 2.90. The van der Waals surface area contributed by atoms with Crippen molar-refractivity contribution in [1.29, 1.82) is 0 Å². The monoisotopic (exact) mass is 285 g/mol. The first-order chi connectivity index (χ1) is 9.74. The molecule has 20 heavy (non-hydrogen) atoms. The number of aromatic nitrogens is 1. The van der Waals surface area contributed by atoms with Gasteiger partial charge in [0.05, 0.1) is 0 Å². The first kappa shape index (κ1) is 14.8. The molecule has 1 fully saturated rings. The maximum absolute atomic E-state index is 10.6. The molecule has 7 nitrogen and oxygen atoms in total. The highest BCUT2D eigenvalue weighted by Gasteiger charge is 2.15. The summed E-state index contributed by atoms with van der Waals surface area (Å²) >= 11 is 0. The van der Waals surface area contributed by atoms with E-state index in [1.807, 2.05) is 0 Å². The van der Waals surface area contributed by atoms with E-state index >= 15 is 0 Å². The molecular formula is C13H19NO6. The second-order valence-corrected chi connectivity index (χ2v) is 4.43. The van der Waals surface area contributed by atoms with Crippen LogP contribution in [0.3, 0.4) is 0 Å². The lowest BCUT2D eigenvalue weighted by Crippen LogP contribution is -2.21. The summed E-state index contributed by atoms with van der Waals surface area (Å²) < 4.78 is 26.1. The Kier molecular flexibility index (Phi) is 5.82. The summed E-state index contributed by atoms with van der Waals surface area (Å²) in [6.45, 7) is 2.80. The third kappa shape index (κ3) is 5.18. The van der Waals surface area contributed by atoms with Crippen LogP contribution >= 0.6 is 0 Å². The number of rotatable bonds is 7. The van der Waals surface area contributed by atoms with Crippen LogP contribution < -0.4 is 4.74 Å². The molecule has 0 saturated carbocycles. The molecule has 0 amide bonds. The molecule has 0 N–H and O–H groups in total. The van der Waals surface area contributed by atoms with Gasteiger partial charge >= 0.3 is 5.97 Å². The van der Waals surface area contributed by atoms with Gasteiger partial charge in [0.15, 0.2) is 12.1 Å². The van der Waals surface area contributed by atoms with Crippen molar-refractivity contribution >= 4 is 5.97 Å². The Morgan fingerprint density at radius 1 is 1.45 bits per heavy atom. The summed E-state index contributed by atoms with van der Waals surface area (Å²) in [5.41, 5.74) is 0. The Labute approximate surface area is 117 Å². The van der Waals surface area contributed by atoms with Gasteiger partial charge < -0.3 is 23.5 Å². The first-order valence-corrected chi connectivity index (χ1v) is 6.69. The van der Waals surface area contributed by atoms with Crippen molar-refractivity contribution in [2.24, 2.45) is 0 Å². The highest BCUT2D eigenvalue weighted by molar-refractivity contribution is 5.65. The Bertz CT molecular complexity index is 413. The molecule has 1 aliphatic rings. The van der Waals surface area contributed by atoms with Gasteiger partial charge in [-0.2, -0.15) is 0 Å². The van der Waals surface area contributed by atoms with Crippen molar-refractivity contribution in [3.8, 4) is 5.88 Å². The van der Waals surface area contributed by atoms with Gasteiger partial charge in [-0.25, -0.2) is 0 Å². The highest BCUT2D eigenvalue weighted by atomic mass is 16.7. The minimum Gasteiger partial charge on any atom is -0.472 e. The number of carbonyl (C=O) groups excluding carboxylic acids is 1. The largest absolute Gasteiger partial charge is 0.472 e. The molecule has 1 unspecified atom stereocenters. The van der Waals surface area contributed by atoms with Crippen LogP contribution in [-0.2, 0) is 25.6 Å². The van der Waals surface area contributed by atoms with E-state index in [9.17, 15) is 4.79 Å². The van der Waals surface area contributed by atoms with Crippen molar-refractivity contribution in [1.82, 2.24) is 5.16 Å². The Morgan fingerprint density at radius 3 is 3.10 bits per heavy atom. The number of esters is 1. The zero-order valence-corrected chi connectivity index (χ0v) is 11.5. The molecule has 112 valence electrons. The molecule has 0 aromatic carbocycles. The van der Waals surface area contributed by atoms with Crippen molar-refractivity contribution < 1.29 is 28.3 Å². The van der Waals surface area contributed by atoms with E-state index in [2.05, 4.69) is 5.16 Å². The standard InChI is InChI=1S/C13H19NO6/c1-10(15)16-6-7-17-12-8-11(20-14-12)9-19-13-4-2-3-5-18-13/h8,13H,2-7,9H2,1H3. The van der Waals surface area contributed by atoms with E-state index in [1.54, 1.807) is 6.07 Å². The van der Waals surface area contributed by atoms with Crippen LogP contribution in [-0.4, -0.2) is 37.2 Å². The molecule has 1 aliphatic heterocycles. The fourth-order valence-corrected chi connectivity index (χ4v) is 1.78. The molecule has 1 aromatic heterocycles. The van der Waals surface area contributed by atoms with E-state index in [1.165, 1.54) is 6.92 Å². The van der Waals surface area contributed by atoms with Crippen LogP contribution in [0.15, 0.2) is 10.6 Å². The van der Waals surface area contributed by atoms with Gasteiger partial charge in [0, 0.05) is 19.6 Å². The first-order valence-electron chi connectivity index (χ1n) is 6.69. The molecule has 1 saturated heterocycles. The minimum absolute atomic E-state index is 0.165. The molecule has 1 aromatic rings. The number of hydrogen-bond donors (Lipinski definition) is 0. The molecule has 0 spiro atoms. The second kappa shape index (κ2) is 7.86. The van der Waals surface area contributed by atoms with E-state index < -0.39 is 0 Å². The van der Waals surface area contributed by atoms with Gasteiger partial charge in [-0.3, -0.25) is 4.79 Å². The molecule has 2 heterocycles. The van der Waals surface area contributed by atoms with E-state index in [-0.39, 0.29) is 25.5 Å². The Hall–Kier alpha value is -1.60. The van der Waals surface area contributed by atoms with Crippen LogP contribution in [0.1, 0.15) is 31.9 Å². The highest BCUT2D eigenvalue weighted by Crippen LogP contribution is 2.17. The van der Waals surface area contributed by atoms with Crippen molar-refractivity contribution in [2.45, 2.75) is 39.1 Å². The quantitative estimate of drug-likeness (QED) is 0.556. The SMILES string of the molecule is CC(=O)OCCOc1cc(COC2CCCCO2)on1. The van der Waals surface area contributed by atoms with Gasteiger partial charge in [-0.1, -0.05) is 0 Å². The lowest BCUT2D eigenvalue weighted by molar-refractivity contribution is -0.171. The summed E-state index contributed by atoms with van der Waals surface area (Å²) in [5, 5.41) is 3.74. The normalized spacial score (nSPS) is 18.8. The topological polar surface area (TPSA) is 80.0 Å². The maximum Gasteiger partial charge on any atom is 0.302 e. The molecule has 1 atom stereocenters. The van der Waals surface area contributed by atoms with E-state index in [4.69, 9.17) is 23.5 Å². The Balaban J connectivity index is 1.65. The second-order valence-electron chi connectivity index (χ2n) is 4.43. The molecular weight excluding hydrogens is 266 g/mol. The lowest BCUT2D eigenvalue weighted by atomic mass is 10.2. The maximum atomic E-state index is 10.6. The van der Waals surface area contributed by atoms with Gasteiger partial charge in [0.2, 0.25) is 0 Å². The molecule has 0 bridgehead atoms. The van der Waals surface area contributed by atoms with Crippen LogP contribution in [0, 0.1) is 0 Å². The molecule has 0 radical (unpaired) electrons. The number of hydrogen-bond acceptors (Lipinski definition) is 7. The molecule has 7 heteroatoms. The fourth-order valence-electron chi connectivity index (χ4n) is 1.78. The zero-order valence-electron chi connectivity index (χ0n) is 11.5. The zero-order chi connectivity index (χ0) is 14.2. The Morgan fingerprint density at radius 2 is 2.35 bits per heavy atom. The number of nitrogens with zero attached hydrogens (tertiary/aromatic N) is 1. The van der Waals surface area contributed by atoms with Crippen LogP contribution in [0.4, 0.5) is 0 Å². The van der Waals surface area contributed by atoms with Crippen molar-refractivity contribution in [2.75, 3.05) is 19.8 Å². The summed E-state index contributed by atoms with van der Waals surface area (Å²) in [7, 11) is 0. The summed E-state index contributed by atoms with van der Waals surface area (Å²) in [6, 6.07) is 1.65. The number of ether oxygens (including phenoxy) is 4. The smallest absolute Gasteiger partial charge is 0.302 e. The number of carbonyl (C=O) groups is 1. The van der Waals surface area contributed by atoms with Crippen molar-refractivity contribution in [3.63, 3.8) is 0 Å². The van der Waals surface area contributed by atoms with Gasteiger partial charge in [0.1, 0.15) is 19.8 Å². The van der Waals surface area contributed by atoms with Gasteiger partial charge in [0.25, 0.3) is 5.88 Å². The molecule has 0 aliphatic carbocycles. The fraction of sp³-hybridized carbons (Fsp3) is 0.692. The van der Waals surface area contributed by atoms with E-state index in [0.29, 0.717) is 18.2 Å².